The van der Waals surface area contributed by atoms with E-state index in [9.17, 15) is 4.79 Å². The van der Waals surface area contributed by atoms with Crippen LogP contribution in [0.3, 0.4) is 0 Å². The lowest BCUT2D eigenvalue weighted by Crippen LogP contribution is -2.33. The zero-order chi connectivity index (χ0) is 16.2. The summed E-state index contributed by atoms with van der Waals surface area (Å²) in [4.78, 5) is 16.6. The van der Waals surface area contributed by atoms with Crippen LogP contribution < -0.4 is 5.32 Å². The number of aliphatic imine (C=N–C) groups is 1. The number of carbonyl (C=O) groups is 1. The lowest BCUT2D eigenvalue weighted by Gasteiger charge is -2.11. The number of methoxy groups -OCH3 is 1. The van der Waals surface area contributed by atoms with Crippen molar-refractivity contribution in [2.75, 3.05) is 26.9 Å². The maximum absolute atomic E-state index is 12.2. The zero-order valence-corrected chi connectivity index (χ0v) is 13.7. The third-order valence-electron chi connectivity index (χ3n) is 3.04. The molecular formula is C17H26N2O3. The summed E-state index contributed by atoms with van der Waals surface area (Å²) >= 11 is 0. The quantitative estimate of drug-likeness (QED) is 0.456. The van der Waals surface area contributed by atoms with Gasteiger partial charge < -0.3 is 9.47 Å². The molecule has 0 unspecified atom stereocenters. The van der Waals surface area contributed by atoms with E-state index in [0.717, 1.165) is 24.8 Å². The van der Waals surface area contributed by atoms with Gasteiger partial charge in [-0.25, -0.2) is 4.99 Å². The highest BCUT2D eigenvalue weighted by atomic mass is 16.5. The number of hydrogen-bond acceptors (Lipinski definition) is 4. The predicted octanol–water partition coefficient (Wildman–Crippen LogP) is 2.93. The molecule has 1 aromatic carbocycles. The maximum atomic E-state index is 12.2. The number of nitrogens with one attached hydrogen (secondary N) is 1. The molecule has 0 heterocycles. The number of benzene rings is 1. The number of carbonyl (C=O) groups excluding carboxylic acids is 1. The van der Waals surface area contributed by atoms with Gasteiger partial charge in [0.1, 0.15) is 6.61 Å². The molecule has 0 atom stereocenters. The summed E-state index contributed by atoms with van der Waals surface area (Å²) in [6.07, 6.45) is 3.22. The molecule has 22 heavy (non-hydrogen) atoms. The van der Waals surface area contributed by atoms with Crippen molar-refractivity contribution in [3.8, 4) is 0 Å². The highest BCUT2D eigenvalue weighted by Gasteiger charge is 2.10. The summed E-state index contributed by atoms with van der Waals surface area (Å²) in [5.74, 6) is -0.213. The summed E-state index contributed by atoms with van der Waals surface area (Å²) in [5.41, 5.74) is 1.63. The maximum Gasteiger partial charge on any atom is 0.291 e. The molecule has 122 valence electrons. The summed E-state index contributed by atoms with van der Waals surface area (Å²) in [6.45, 7) is 5.54. The molecular weight excluding hydrogens is 280 g/mol. The van der Waals surface area contributed by atoms with Crippen molar-refractivity contribution in [1.82, 2.24) is 5.32 Å². The smallest absolute Gasteiger partial charge is 0.291 e. The van der Waals surface area contributed by atoms with Crippen LogP contribution in [0.4, 0.5) is 0 Å². The largest absolute Gasteiger partial charge is 0.463 e. The number of rotatable bonds is 8. The normalized spacial score (nSPS) is 11.3. The van der Waals surface area contributed by atoms with Gasteiger partial charge in [0.2, 0.25) is 0 Å². The molecule has 1 aromatic rings. The lowest BCUT2D eigenvalue weighted by atomic mass is 10.1. The van der Waals surface area contributed by atoms with Gasteiger partial charge in [-0.3, -0.25) is 10.1 Å². The van der Waals surface area contributed by atoms with Gasteiger partial charge in [0.25, 0.3) is 11.9 Å². The molecule has 1 N–H and O–H groups in total. The first kappa shape index (κ1) is 18.2. The Labute approximate surface area is 132 Å². The molecule has 0 spiro atoms. The monoisotopic (exact) mass is 306 g/mol. The second kappa shape index (κ2) is 10.8. The zero-order valence-electron chi connectivity index (χ0n) is 13.7. The van der Waals surface area contributed by atoms with Gasteiger partial charge in [-0.15, -0.1) is 0 Å². The fourth-order valence-electron chi connectivity index (χ4n) is 1.84. The standard InChI is InChI=1S/C17H26N2O3/c1-4-5-6-10-18-17(22-12-11-21-3)19-16(20)15-9-7-8-14(2)13-15/h7-9,13H,4-6,10-12H2,1-3H3,(H,18,19,20). The summed E-state index contributed by atoms with van der Waals surface area (Å²) in [5, 5.41) is 2.73. The van der Waals surface area contributed by atoms with E-state index >= 15 is 0 Å². The van der Waals surface area contributed by atoms with Crippen molar-refractivity contribution in [2.45, 2.75) is 33.1 Å². The molecule has 0 aromatic heterocycles. The van der Waals surface area contributed by atoms with Crippen LogP contribution in [0.1, 0.15) is 42.1 Å². The van der Waals surface area contributed by atoms with E-state index in [0.29, 0.717) is 25.3 Å². The van der Waals surface area contributed by atoms with Crippen molar-refractivity contribution in [3.63, 3.8) is 0 Å². The van der Waals surface area contributed by atoms with Gasteiger partial charge in [0.15, 0.2) is 0 Å². The first-order chi connectivity index (χ1) is 10.7. The van der Waals surface area contributed by atoms with Crippen LogP contribution in [0.5, 0.6) is 0 Å². The van der Waals surface area contributed by atoms with E-state index < -0.39 is 0 Å². The van der Waals surface area contributed by atoms with Crippen LogP contribution in [0.25, 0.3) is 0 Å². The van der Waals surface area contributed by atoms with E-state index in [-0.39, 0.29) is 11.9 Å². The van der Waals surface area contributed by atoms with Gasteiger partial charge in [0.05, 0.1) is 6.61 Å². The van der Waals surface area contributed by atoms with Gasteiger partial charge >= 0.3 is 0 Å². The van der Waals surface area contributed by atoms with Gasteiger partial charge in [-0.2, -0.15) is 0 Å². The Kier molecular flexibility index (Phi) is 8.91. The Morgan fingerprint density at radius 1 is 1.27 bits per heavy atom. The molecule has 0 saturated carbocycles. The molecule has 0 bridgehead atoms. The fourth-order valence-corrected chi connectivity index (χ4v) is 1.84. The average molecular weight is 306 g/mol. The summed E-state index contributed by atoms with van der Waals surface area (Å²) in [6, 6.07) is 7.67. The van der Waals surface area contributed by atoms with Crippen LogP contribution in [0.15, 0.2) is 29.3 Å². The van der Waals surface area contributed by atoms with Gasteiger partial charge in [0, 0.05) is 19.2 Å². The molecule has 0 saturated heterocycles. The summed E-state index contributed by atoms with van der Waals surface area (Å²) < 4.78 is 10.4. The number of amidine groups is 1. The molecule has 0 aliphatic carbocycles. The highest BCUT2D eigenvalue weighted by molar-refractivity contribution is 6.04. The van der Waals surface area contributed by atoms with E-state index in [1.54, 1.807) is 13.2 Å². The number of aryl methyl sites for hydroxylation is 1. The third-order valence-corrected chi connectivity index (χ3v) is 3.04. The van der Waals surface area contributed by atoms with Crippen molar-refractivity contribution in [1.29, 1.82) is 0 Å². The van der Waals surface area contributed by atoms with Crippen molar-refractivity contribution in [3.05, 3.63) is 35.4 Å². The van der Waals surface area contributed by atoms with Crippen molar-refractivity contribution in [2.24, 2.45) is 4.99 Å². The first-order valence-corrected chi connectivity index (χ1v) is 7.71. The average Bonchev–Trinajstić information content (AvgIpc) is 2.51. The molecule has 0 aliphatic heterocycles. The SMILES string of the molecule is CCCCCN=C(NC(=O)c1cccc(C)c1)OCCOC. The van der Waals surface area contributed by atoms with Crippen LogP contribution in [0, 0.1) is 6.92 Å². The minimum Gasteiger partial charge on any atom is -0.463 e. The minimum atomic E-state index is -0.213. The molecule has 0 radical (unpaired) electrons. The second-order valence-electron chi connectivity index (χ2n) is 5.06. The van der Waals surface area contributed by atoms with E-state index in [1.807, 2.05) is 25.1 Å². The molecule has 0 fully saturated rings. The van der Waals surface area contributed by atoms with Crippen LogP contribution in [-0.4, -0.2) is 38.8 Å². The van der Waals surface area contributed by atoms with Crippen molar-refractivity contribution < 1.29 is 14.3 Å². The Balaban J connectivity index is 2.63. The first-order valence-electron chi connectivity index (χ1n) is 7.71. The highest BCUT2D eigenvalue weighted by Crippen LogP contribution is 2.04. The Morgan fingerprint density at radius 3 is 2.77 bits per heavy atom. The second-order valence-corrected chi connectivity index (χ2v) is 5.06. The topological polar surface area (TPSA) is 59.9 Å². The number of nitrogens with zero attached hydrogens (tertiary/aromatic N) is 1. The number of hydrogen-bond donors (Lipinski definition) is 1. The minimum absolute atomic E-state index is 0.213. The van der Waals surface area contributed by atoms with Crippen LogP contribution in [-0.2, 0) is 9.47 Å². The van der Waals surface area contributed by atoms with Crippen LogP contribution in [0.2, 0.25) is 0 Å². The Hall–Kier alpha value is -1.88. The van der Waals surface area contributed by atoms with E-state index in [2.05, 4.69) is 17.2 Å². The number of amides is 1. The third kappa shape index (κ3) is 7.22. The molecule has 1 amide bonds. The van der Waals surface area contributed by atoms with Crippen LogP contribution >= 0.6 is 0 Å². The van der Waals surface area contributed by atoms with Gasteiger partial charge in [-0.05, 0) is 25.5 Å². The Bertz CT molecular complexity index is 487. The fraction of sp³-hybridized carbons (Fsp3) is 0.529. The number of unbranched alkanes of at least 4 members (excludes halogenated alkanes) is 2. The lowest BCUT2D eigenvalue weighted by molar-refractivity contribution is 0.0954. The number of ether oxygens (including phenoxy) is 2. The van der Waals surface area contributed by atoms with E-state index in [4.69, 9.17) is 9.47 Å². The predicted molar refractivity (Wildman–Crippen MR) is 88.3 cm³/mol. The molecule has 1 rings (SSSR count). The van der Waals surface area contributed by atoms with Gasteiger partial charge in [-0.1, -0.05) is 37.5 Å². The van der Waals surface area contributed by atoms with E-state index in [1.165, 1.54) is 0 Å². The molecule has 5 nitrogen and oxygen atoms in total. The Morgan fingerprint density at radius 2 is 2.09 bits per heavy atom. The van der Waals surface area contributed by atoms with Crippen molar-refractivity contribution >= 4 is 11.9 Å². The summed E-state index contributed by atoms with van der Waals surface area (Å²) in [7, 11) is 1.60. The molecule has 0 aliphatic rings. The molecule has 5 heteroatoms.